The molecule has 1 aromatic rings. The Balaban J connectivity index is 2.54. The number of esters is 1. The number of nitrogens with zero attached hydrogens (tertiary/aromatic N) is 1. The molecular weight excluding hydrogens is 311 g/mol. The summed E-state index contributed by atoms with van der Waals surface area (Å²) >= 11 is 0. The molecule has 0 saturated carbocycles. The average Bonchev–Trinajstić information content (AvgIpc) is 2.53. The maximum absolute atomic E-state index is 13.0. The fourth-order valence-corrected chi connectivity index (χ4v) is 2.73. The molecule has 4 nitrogen and oxygen atoms in total. The minimum atomic E-state index is -5.08. The zero-order chi connectivity index (χ0) is 17.2. The first-order valence-corrected chi connectivity index (χ1v) is 6.98. The summed E-state index contributed by atoms with van der Waals surface area (Å²) in [4.78, 5) is 24.4. The number of benzene rings is 1. The second-order valence-corrected chi connectivity index (χ2v) is 5.28. The van der Waals surface area contributed by atoms with Crippen LogP contribution >= 0.6 is 0 Å². The van der Waals surface area contributed by atoms with E-state index in [-0.39, 0.29) is 5.92 Å². The van der Waals surface area contributed by atoms with Crippen LogP contribution in [-0.4, -0.2) is 36.1 Å². The van der Waals surface area contributed by atoms with E-state index in [0.717, 1.165) is 7.11 Å². The quantitative estimate of drug-likeness (QED) is 0.620. The van der Waals surface area contributed by atoms with Gasteiger partial charge in [0.2, 0.25) is 0 Å². The molecule has 0 spiro atoms. The predicted octanol–water partition coefficient (Wildman–Crippen LogP) is 2.87. The number of hydrogen-bond donors (Lipinski definition) is 0. The molecule has 0 bridgehead atoms. The highest BCUT2D eigenvalue weighted by Crippen LogP contribution is 2.38. The van der Waals surface area contributed by atoms with E-state index in [1.165, 1.54) is 6.08 Å². The molecule has 1 aliphatic heterocycles. The molecule has 7 heteroatoms. The van der Waals surface area contributed by atoms with Crippen molar-refractivity contribution in [2.75, 3.05) is 7.11 Å². The first-order valence-electron chi connectivity index (χ1n) is 6.98. The summed E-state index contributed by atoms with van der Waals surface area (Å²) in [6.45, 7) is 1.69. The van der Waals surface area contributed by atoms with Gasteiger partial charge in [-0.15, -0.1) is 0 Å². The third-order valence-electron chi connectivity index (χ3n) is 3.76. The molecule has 0 fully saturated rings. The number of halogens is 3. The van der Waals surface area contributed by atoms with E-state index in [1.807, 2.05) is 0 Å². The fourth-order valence-electron chi connectivity index (χ4n) is 2.73. The molecule has 0 N–H and O–H groups in total. The van der Waals surface area contributed by atoms with Crippen LogP contribution in [0.15, 0.2) is 42.5 Å². The first-order chi connectivity index (χ1) is 10.8. The van der Waals surface area contributed by atoms with Crippen molar-refractivity contribution in [3.63, 3.8) is 0 Å². The second-order valence-electron chi connectivity index (χ2n) is 5.28. The Morgan fingerprint density at radius 2 is 1.74 bits per heavy atom. The molecule has 1 aliphatic rings. The number of amides is 1. The third kappa shape index (κ3) is 3.38. The van der Waals surface area contributed by atoms with Gasteiger partial charge in [0, 0.05) is 0 Å². The van der Waals surface area contributed by atoms with Gasteiger partial charge in [0.1, 0.15) is 6.04 Å². The number of carbonyl (C=O) groups is 2. The first kappa shape index (κ1) is 17.1. The van der Waals surface area contributed by atoms with E-state index in [1.54, 1.807) is 43.3 Å². The van der Waals surface area contributed by atoms with Crippen molar-refractivity contribution in [2.45, 2.75) is 25.2 Å². The van der Waals surface area contributed by atoms with E-state index in [0.29, 0.717) is 10.5 Å². The fraction of sp³-hybridized carbons (Fsp3) is 0.375. The summed E-state index contributed by atoms with van der Waals surface area (Å²) in [5.74, 6) is -3.35. The minimum absolute atomic E-state index is 0.385. The van der Waals surface area contributed by atoms with E-state index in [9.17, 15) is 22.8 Å². The molecule has 0 aromatic heterocycles. The van der Waals surface area contributed by atoms with Crippen molar-refractivity contribution in [2.24, 2.45) is 5.92 Å². The normalized spacial score (nSPS) is 24.4. The largest absolute Gasteiger partial charge is 0.471 e. The lowest BCUT2D eigenvalue weighted by molar-refractivity contribution is -0.193. The van der Waals surface area contributed by atoms with Crippen LogP contribution in [0.25, 0.3) is 0 Å². The molecule has 124 valence electrons. The highest BCUT2D eigenvalue weighted by atomic mass is 19.4. The van der Waals surface area contributed by atoms with Crippen molar-refractivity contribution in [3.8, 4) is 0 Å². The van der Waals surface area contributed by atoms with Gasteiger partial charge in [0.05, 0.1) is 13.2 Å². The number of rotatable bonds is 2. The lowest BCUT2D eigenvalue weighted by Crippen LogP contribution is -2.54. The topological polar surface area (TPSA) is 46.6 Å². The van der Waals surface area contributed by atoms with Crippen molar-refractivity contribution in [1.82, 2.24) is 4.90 Å². The molecule has 1 heterocycles. The summed E-state index contributed by atoms with van der Waals surface area (Å²) in [7, 11) is 1.07. The van der Waals surface area contributed by atoms with Gasteiger partial charge in [0.25, 0.3) is 0 Å². The standard InChI is InChI=1S/C16H16F3NO3/c1-10-8-9-12(14(21)23-2)20(15(22)16(17,18)19)13(10)11-6-4-3-5-7-11/h3-10,12-13H,1-2H3/t10-,12+,13-/m1/s1. The molecule has 23 heavy (non-hydrogen) atoms. The highest BCUT2D eigenvalue weighted by Gasteiger charge is 2.50. The molecule has 0 aliphatic carbocycles. The summed E-state index contributed by atoms with van der Waals surface area (Å²) in [5.41, 5.74) is 0.524. The summed E-state index contributed by atoms with van der Waals surface area (Å²) in [5, 5.41) is 0. The molecule has 0 unspecified atom stereocenters. The van der Waals surface area contributed by atoms with Crippen molar-refractivity contribution < 1.29 is 27.5 Å². The lowest BCUT2D eigenvalue weighted by Gasteiger charge is -2.41. The van der Waals surface area contributed by atoms with Gasteiger partial charge in [0.15, 0.2) is 0 Å². The monoisotopic (exact) mass is 327 g/mol. The van der Waals surface area contributed by atoms with Gasteiger partial charge in [-0.05, 0) is 11.5 Å². The zero-order valence-corrected chi connectivity index (χ0v) is 12.6. The van der Waals surface area contributed by atoms with Gasteiger partial charge in [-0.2, -0.15) is 13.2 Å². The maximum atomic E-state index is 13.0. The third-order valence-corrected chi connectivity index (χ3v) is 3.76. The average molecular weight is 327 g/mol. The Morgan fingerprint density at radius 3 is 2.26 bits per heavy atom. The maximum Gasteiger partial charge on any atom is 0.471 e. The lowest BCUT2D eigenvalue weighted by atomic mass is 9.87. The van der Waals surface area contributed by atoms with E-state index in [2.05, 4.69) is 4.74 Å². The number of carbonyl (C=O) groups excluding carboxylic acids is 2. The van der Waals surface area contributed by atoms with E-state index in [4.69, 9.17) is 0 Å². The second kappa shape index (κ2) is 6.44. The van der Waals surface area contributed by atoms with E-state index < -0.39 is 30.1 Å². The number of ether oxygens (including phenoxy) is 1. The van der Waals surface area contributed by atoms with Crippen LogP contribution in [-0.2, 0) is 14.3 Å². The number of hydrogen-bond acceptors (Lipinski definition) is 3. The molecule has 1 amide bonds. The summed E-state index contributed by atoms with van der Waals surface area (Å²) in [6.07, 6.45) is -2.18. The Morgan fingerprint density at radius 1 is 1.13 bits per heavy atom. The number of methoxy groups -OCH3 is 1. The van der Waals surface area contributed by atoms with Crippen LogP contribution in [0.3, 0.4) is 0 Å². The smallest absolute Gasteiger partial charge is 0.467 e. The van der Waals surface area contributed by atoms with Crippen LogP contribution in [0.4, 0.5) is 13.2 Å². The Labute approximate surface area is 131 Å². The summed E-state index contributed by atoms with van der Waals surface area (Å²) in [6, 6.07) is 6.01. The Kier molecular flexibility index (Phi) is 4.77. The minimum Gasteiger partial charge on any atom is -0.467 e. The van der Waals surface area contributed by atoms with Gasteiger partial charge < -0.3 is 9.64 Å². The van der Waals surface area contributed by atoms with Gasteiger partial charge in [-0.3, -0.25) is 4.79 Å². The van der Waals surface area contributed by atoms with E-state index >= 15 is 0 Å². The zero-order valence-electron chi connectivity index (χ0n) is 12.6. The molecule has 3 atom stereocenters. The molecule has 1 aromatic carbocycles. The van der Waals surface area contributed by atoms with Crippen LogP contribution < -0.4 is 0 Å². The Bertz CT molecular complexity index is 613. The van der Waals surface area contributed by atoms with Crippen molar-refractivity contribution >= 4 is 11.9 Å². The van der Waals surface area contributed by atoms with Crippen LogP contribution in [0.5, 0.6) is 0 Å². The van der Waals surface area contributed by atoms with Crippen molar-refractivity contribution in [3.05, 3.63) is 48.0 Å². The highest BCUT2D eigenvalue weighted by molar-refractivity contribution is 5.89. The van der Waals surface area contributed by atoms with Crippen LogP contribution in [0.2, 0.25) is 0 Å². The van der Waals surface area contributed by atoms with Crippen LogP contribution in [0, 0.1) is 5.92 Å². The van der Waals surface area contributed by atoms with Gasteiger partial charge in [-0.1, -0.05) is 49.4 Å². The predicted molar refractivity (Wildman–Crippen MR) is 76.2 cm³/mol. The van der Waals surface area contributed by atoms with Crippen LogP contribution in [0.1, 0.15) is 18.5 Å². The molecule has 0 saturated heterocycles. The molecular formula is C16H16F3NO3. The molecule has 2 rings (SSSR count). The summed E-state index contributed by atoms with van der Waals surface area (Å²) < 4.78 is 43.6. The van der Waals surface area contributed by atoms with Crippen molar-refractivity contribution in [1.29, 1.82) is 0 Å². The van der Waals surface area contributed by atoms with Gasteiger partial charge in [-0.25, -0.2) is 4.79 Å². The van der Waals surface area contributed by atoms with Gasteiger partial charge >= 0.3 is 18.1 Å². The Hall–Kier alpha value is -2.31. The SMILES string of the molecule is COC(=O)[C@@H]1C=C[C@@H](C)[C@H](c2ccccc2)N1C(=O)C(F)(F)F. The molecule has 0 radical (unpaired) electrons. The number of alkyl halides is 3.